The molecule has 2 heterocycles. The first-order chi connectivity index (χ1) is 9.65. The molecule has 110 valence electrons. The summed E-state index contributed by atoms with van der Waals surface area (Å²) in [7, 11) is 0. The van der Waals surface area contributed by atoms with Gasteiger partial charge in [0, 0.05) is 36.1 Å². The van der Waals surface area contributed by atoms with E-state index in [4.69, 9.17) is 9.84 Å². The van der Waals surface area contributed by atoms with E-state index in [-0.39, 0.29) is 6.42 Å². The molecule has 0 unspecified atom stereocenters. The van der Waals surface area contributed by atoms with E-state index in [1.54, 1.807) is 0 Å². The number of hydrogen-bond acceptors (Lipinski definition) is 4. The fourth-order valence-electron chi connectivity index (χ4n) is 2.68. The first-order valence-corrected chi connectivity index (χ1v) is 7.33. The summed E-state index contributed by atoms with van der Waals surface area (Å²) in [6.45, 7) is 5.55. The van der Waals surface area contributed by atoms with Crippen molar-refractivity contribution in [1.82, 2.24) is 9.97 Å². The SMILES string of the molecule is CCc1nc(C2CCOCC2)nc(CC)c1CC(=O)O. The number of carboxylic acids is 1. The summed E-state index contributed by atoms with van der Waals surface area (Å²) in [5, 5.41) is 9.05. The Kier molecular flexibility index (Phi) is 5.06. The van der Waals surface area contributed by atoms with Crippen LogP contribution < -0.4 is 0 Å². The Balaban J connectivity index is 2.37. The van der Waals surface area contributed by atoms with Crippen LogP contribution in [0.2, 0.25) is 0 Å². The van der Waals surface area contributed by atoms with E-state index in [1.807, 2.05) is 13.8 Å². The Labute approximate surface area is 119 Å². The van der Waals surface area contributed by atoms with Crippen LogP contribution in [0, 0.1) is 0 Å². The van der Waals surface area contributed by atoms with Gasteiger partial charge in [0.2, 0.25) is 0 Å². The third-order valence-corrected chi connectivity index (χ3v) is 3.78. The number of carbonyl (C=O) groups is 1. The molecule has 1 fully saturated rings. The summed E-state index contributed by atoms with van der Waals surface area (Å²) < 4.78 is 5.38. The van der Waals surface area contributed by atoms with Gasteiger partial charge in [-0.1, -0.05) is 13.8 Å². The number of rotatable bonds is 5. The predicted molar refractivity (Wildman–Crippen MR) is 74.9 cm³/mol. The van der Waals surface area contributed by atoms with Gasteiger partial charge in [-0.3, -0.25) is 4.79 Å². The molecule has 0 aliphatic carbocycles. The van der Waals surface area contributed by atoms with Crippen LogP contribution >= 0.6 is 0 Å². The first-order valence-electron chi connectivity index (χ1n) is 7.33. The largest absolute Gasteiger partial charge is 0.481 e. The molecule has 0 aromatic carbocycles. The van der Waals surface area contributed by atoms with Crippen molar-refractivity contribution in [2.75, 3.05) is 13.2 Å². The molecule has 1 aromatic heterocycles. The maximum atomic E-state index is 11.0. The summed E-state index contributed by atoms with van der Waals surface area (Å²) in [5.74, 6) is 0.395. The van der Waals surface area contributed by atoms with Gasteiger partial charge in [-0.05, 0) is 25.7 Å². The standard InChI is InChI=1S/C15H22N2O3/c1-3-12-11(9-14(18)19)13(4-2)17-15(16-12)10-5-7-20-8-6-10/h10H,3-9H2,1-2H3,(H,18,19). The Morgan fingerprint density at radius 2 is 1.75 bits per heavy atom. The summed E-state index contributed by atoms with van der Waals surface area (Å²) in [6.07, 6.45) is 3.40. The minimum Gasteiger partial charge on any atom is -0.481 e. The number of nitrogens with zero attached hydrogens (tertiary/aromatic N) is 2. The molecule has 5 nitrogen and oxygen atoms in total. The van der Waals surface area contributed by atoms with Crippen LogP contribution in [-0.2, 0) is 28.8 Å². The van der Waals surface area contributed by atoms with Crippen molar-refractivity contribution in [3.63, 3.8) is 0 Å². The fourth-order valence-corrected chi connectivity index (χ4v) is 2.68. The molecule has 20 heavy (non-hydrogen) atoms. The zero-order valence-corrected chi connectivity index (χ0v) is 12.2. The lowest BCUT2D eigenvalue weighted by molar-refractivity contribution is -0.136. The lowest BCUT2D eigenvalue weighted by Gasteiger charge is -2.22. The number of hydrogen-bond donors (Lipinski definition) is 1. The number of carboxylic acid groups (broad SMARTS) is 1. The molecule has 0 atom stereocenters. The van der Waals surface area contributed by atoms with Crippen molar-refractivity contribution in [2.24, 2.45) is 0 Å². The number of ether oxygens (including phenoxy) is 1. The number of aromatic nitrogens is 2. The lowest BCUT2D eigenvalue weighted by Crippen LogP contribution is -2.19. The maximum absolute atomic E-state index is 11.0. The zero-order valence-electron chi connectivity index (χ0n) is 12.2. The highest BCUT2D eigenvalue weighted by molar-refractivity contribution is 5.71. The van der Waals surface area contributed by atoms with Gasteiger partial charge in [0.25, 0.3) is 0 Å². The smallest absolute Gasteiger partial charge is 0.307 e. The molecule has 1 aromatic rings. The summed E-state index contributed by atoms with van der Waals surface area (Å²) >= 11 is 0. The molecule has 2 rings (SSSR count). The van der Waals surface area contributed by atoms with Crippen LogP contribution in [0.1, 0.15) is 55.4 Å². The van der Waals surface area contributed by atoms with E-state index >= 15 is 0 Å². The Morgan fingerprint density at radius 3 is 2.20 bits per heavy atom. The highest BCUT2D eigenvalue weighted by Crippen LogP contribution is 2.26. The average Bonchev–Trinajstić information content (AvgIpc) is 2.47. The summed E-state index contributed by atoms with van der Waals surface area (Å²) in [6, 6.07) is 0. The molecule has 0 bridgehead atoms. The number of aryl methyl sites for hydroxylation is 2. The van der Waals surface area contributed by atoms with Gasteiger partial charge in [-0.25, -0.2) is 9.97 Å². The van der Waals surface area contributed by atoms with E-state index in [0.717, 1.165) is 61.7 Å². The van der Waals surface area contributed by atoms with Crippen LogP contribution in [-0.4, -0.2) is 34.3 Å². The van der Waals surface area contributed by atoms with Gasteiger partial charge in [0.15, 0.2) is 0 Å². The molecule has 0 amide bonds. The maximum Gasteiger partial charge on any atom is 0.307 e. The molecule has 0 radical (unpaired) electrons. The van der Waals surface area contributed by atoms with E-state index < -0.39 is 5.97 Å². The van der Waals surface area contributed by atoms with Crippen molar-refractivity contribution in [2.45, 2.75) is 51.9 Å². The van der Waals surface area contributed by atoms with Crippen molar-refractivity contribution < 1.29 is 14.6 Å². The molecule has 1 N–H and O–H groups in total. The zero-order chi connectivity index (χ0) is 14.5. The topological polar surface area (TPSA) is 72.3 Å². The molecule has 1 aliphatic rings. The molecule has 0 saturated carbocycles. The highest BCUT2D eigenvalue weighted by Gasteiger charge is 2.22. The van der Waals surface area contributed by atoms with Crippen LogP contribution in [0.25, 0.3) is 0 Å². The second-order valence-electron chi connectivity index (χ2n) is 5.12. The molecule has 1 saturated heterocycles. The van der Waals surface area contributed by atoms with Gasteiger partial charge >= 0.3 is 5.97 Å². The van der Waals surface area contributed by atoms with Gasteiger partial charge in [-0.2, -0.15) is 0 Å². The van der Waals surface area contributed by atoms with Crippen LogP contribution in [0.4, 0.5) is 0 Å². The molecule has 1 aliphatic heterocycles. The third-order valence-electron chi connectivity index (χ3n) is 3.78. The minimum atomic E-state index is -0.822. The van der Waals surface area contributed by atoms with Crippen LogP contribution in [0.5, 0.6) is 0 Å². The van der Waals surface area contributed by atoms with Crippen molar-refractivity contribution in [3.8, 4) is 0 Å². The van der Waals surface area contributed by atoms with Gasteiger partial charge in [-0.15, -0.1) is 0 Å². The van der Waals surface area contributed by atoms with E-state index in [1.165, 1.54) is 0 Å². The second-order valence-corrected chi connectivity index (χ2v) is 5.12. The van der Waals surface area contributed by atoms with Crippen molar-refractivity contribution in [3.05, 3.63) is 22.8 Å². The van der Waals surface area contributed by atoms with Gasteiger partial charge in [0.05, 0.1) is 6.42 Å². The quantitative estimate of drug-likeness (QED) is 0.893. The first kappa shape index (κ1) is 14.9. The average molecular weight is 278 g/mol. The van der Waals surface area contributed by atoms with Gasteiger partial charge in [0.1, 0.15) is 5.82 Å². The lowest BCUT2D eigenvalue weighted by atomic mass is 9.97. The molecular weight excluding hydrogens is 256 g/mol. The van der Waals surface area contributed by atoms with E-state index in [9.17, 15) is 4.79 Å². The molecule has 0 spiro atoms. The number of aliphatic carboxylic acids is 1. The van der Waals surface area contributed by atoms with Crippen molar-refractivity contribution in [1.29, 1.82) is 0 Å². The minimum absolute atomic E-state index is 0.0143. The predicted octanol–water partition coefficient (Wildman–Crippen LogP) is 2.12. The third kappa shape index (κ3) is 3.33. The Bertz CT molecular complexity index is 457. The Morgan fingerprint density at radius 1 is 1.20 bits per heavy atom. The van der Waals surface area contributed by atoms with E-state index in [2.05, 4.69) is 9.97 Å². The molecule has 5 heteroatoms. The highest BCUT2D eigenvalue weighted by atomic mass is 16.5. The summed E-state index contributed by atoms with van der Waals surface area (Å²) in [5.41, 5.74) is 2.58. The normalized spacial score (nSPS) is 16.3. The Hall–Kier alpha value is -1.49. The van der Waals surface area contributed by atoms with Crippen LogP contribution in [0.15, 0.2) is 0 Å². The van der Waals surface area contributed by atoms with Crippen LogP contribution in [0.3, 0.4) is 0 Å². The fraction of sp³-hybridized carbons (Fsp3) is 0.667. The van der Waals surface area contributed by atoms with Crippen molar-refractivity contribution >= 4 is 5.97 Å². The monoisotopic (exact) mass is 278 g/mol. The molecular formula is C15H22N2O3. The van der Waals surface area contributed by atoms with Gasteiger partial charge < -0.3 is 9.84 Å². The summed E-state index contributed by atoms with van der Waals surface area (Å²) in [4.78, 5) is 20.3. The van der Waals surface area contributed by atoms with E-state index in [0.29, 0.717) is 5.92 Å². The second kappa shape index (κ2) is 6.79.